The van der Waals surface area contributed by atoms with E-state index >= 15 is 0 Å². The van der Waals surface area contributed by atoms with Crippen LogP contribution in [-0.4, -0.2) is 52.0 Å². The number of carbonyl (C=O) groups excluding carboxylic acids is 2. The lowest BCUT2D eigenvalue weighted by atomic mass is 10.1. The summed E-state index contributed by atoms with van der Waals surface area (Å²) in [5.74, 6) is -0.488. The Bertz CT molecular complexity index is 1460. The van der Waals surface area contributed by atoms with Gasteiger partial charge in [-0.15, -0.1) is 11.3 Å². The molecule has 38 heavy (non-hydrogen) atoms. The number of aromatic nitrogens is 1. The van der Waals surface area contributed by atoms with Gasteiger partial charge in [0.2, 0.25) is 0 Å². The van der Waals surface area contributed by atoms with Crippen molar-refractivity contribution < 1.29 is 27.2 Å². The van der Waals surface area contributed by atoms with Gasteiger partial charge in [-0.05, 0) is 66.4 Å². The predicted octanol–water partition coefficient (Wildman–Crippen LogP) is 6.29. The molecule has 1 fully saturated rings. The minimum atomic E-state index is -4.45. The summed E-state index contributed by atoms with van der Waals surface area (Å²) in [4.78, 5) is 30.6. The van der Waals surface area contributed by atoms with E-state index in [1.165, 1.54) is 35.6 Å². The van der Waals surface area contributed by atoms with Crippen LogP contribution in [0.3, 0.4) is 0 Å². The van der Waals surface area contributed by atoms with Gasteiger partial charge in [0.1, 0.15) is 16.3 Å². The normalized spacial score (nSPS) is 16.2. The van der Waals surface area contributed by atoms with Crippen molar-refractivity contribution in [1.29, 1.82) is 0 Å². The second kappa shape index (κ2) is 10.1. The lowest BCUT2D eigenvalue weighted by molar-refractivity contribution is -0.137. The maximum Gasteiger partial charge on any atom is 0.416 e. The van der Waals surface area contributed by atoms with Gasteiger partial charge in [0.15, 0.2) is 0 Å². The van der Waals surface area contributed by atoms with Crippen LogP contribution in [0.25, 0.3) is 10.2 Å². The van der Waals surface area contributed by atoms with Gasteiger partial charge in [-0.2, -0.15) is 13.2 Å². The smallest absolute Gasteiger partial charge is 0.334 e. The Hall–Kier alpha value is -3.86. The zero-order chi connectivity index (χ0) is 27.0. The van der Waals surface area contributed by atoms with E-state index in [-0.39, 0.29) is 30.0 Å². The monoisotopic (exact) mass is 544 g/mol. The molecule has 198 valence electrons. The SMILES string of the molecule is C[C@@H]1CN(C(=O)c2cc3ccsc3n2Cc2ccc(F)cc2)CCN1C(=O)Nc1ccc(C(F)(F)F)cc1. The number of thiophene rings is 1. The maximum absolute atomic E-state index is 13.6. The van der Waals surface area contributed by atoms with Crippen LogP contribution in [0, 0.1) is 5.82 Å². The van der Waals surface area contributed by atoms with E-state index in [0.717, 1.165) is 27.9 Å². The maximum atomic E-state index is 13.6. The summed E-state index contributed by atoms with van der Waals surface area (Å²) in [6.07, 6.45) is -4.45. The molecular weight excluding hydrogens is 520 g/mol. The molecule has 0 unspecified atom stereocenters. The minimum Gasteiger partial charge on any atom is -0.334 e. The molecule has 0 aliphatic carbocycles. The highest BCUT2D eigenvalue weighted by molar-refractivity contribution is 7.16. The number of carbonyl (C=O) groups is 2. The number of fused-ring (bicyclic) bond motifs is 1. The summed E-state index contributed by atoms with van der Waals surface area (Å²) in [6.45, 7) is 3.11. The molecule has 0 bridgehead atoms. The third-order valence-electron chi connectivity index (χ3n) is 6.61. The molecule has 3 amide bonds. The average molecular weight is 545 g/mol. The molecule has 0 spiro atoms. The highest BCUT2D eigenvalue weighted by Gasteiger charge is 2.33. The van der Waals surface area contributed by atoms with Crippen LogP contribution >= 0.6 is 11.3 Å². The van der Waals surface area contributed by atoms with Crippen LogP contribution in [0.5, 0.6) is 0 Å². The second-order valence-corrected chi connectivity index (χ2v) is 10.1. The van der Waals surface area contributed by atoms with E-state index in [1.807, 2.05) is 29.0 Å². The summed E-state index contributed by atoms with van der Waals surface area (Å²) in [6, 6.07) is 13.5. The Labute approximate surface area is 220 Å². The molecule has 6 nitrogen and oxygen atoms in total. The number of anilines is 1. The van der Waals surface area contributed by atoms with Crippen LogP contribution in [0.1, 0.15) is 28.5 Å². The second-order valence-electron chi connectivity index (χ2n) is 9.22. The van der Waals surface area contributed by atoms with Crippen LogP contribution in [0.4, 0.5) is 28.0 Å². The summed E-state index contributed by atoms with van der Waals surface area (Å²) < 4.78 is 53.7. The Morgan fingerprint density at radius 1 is 1.03 bits per heavy atom. The average Bonchev–Trinajstić information content (AvgIpc) is 3.47. The quantitative estimate of drug-likeness (QED) is 0.307. The molecule has 11 heteroatoms. The van der Waals surface area contributed by atoms with Crippen molar-refractivity contribution >= 4 is 39.2 Å². The van der Waals surface area contributed by atoms with Gasteiger partial charge in [0.05, 0.1) is 5.56 Å². The van der Waals surface area contributed by atoms with Crippen molar-refractivity contribution in [2.24, 2.45) is 0 Å². The highest BCUT2D eigenvalue weighted by atomic mass is 32.1. The van der Waals surface area contributed by atoms with Gasteiger partial charge in [-0.1, -0.05) is 12.1 Å². The fraction of sp³-hybridized carbons (Fsp3) is 0.259. The number of piperazine rings is 1. The molecule has 0 saturated carbocycles. The zero-order valence-corrected chi connectivity index (χ0v) is 21.2. The Morgan fingerprint density at radius 2 is 1.74 bits per heavy atom. The van der Waals surface area contributed by atoms with Gasteiger partial charge < -0.3 is 19.7 Å². The number of halogens is 4. The number of hydrogen-bond donors (Lipinski definition) is 1. The Morgan fingerprint density at radius 3 is 2.39 bits per heavy atom. The summed E-state index contributed by atoms with van der Waals surface area (Å²) in [7, 11) is 0. The molecule has 5 rings (SSSR count). The lowest BCUT2D eigenvalue weighted by Crippen LogP contribution is -2.56. The van der Waals surface area contributed by atoms with Crippen molar-refractivity contribution in [3.05, 3.63) is 88.7 Å². The number of nitrogens with zero attached hydrogens (tertiary/aromatic N) is 3. The number of hydrogen-bond acceptors (Lipinski definition) is 3. The molecule has 1 aliphatic heterocycles. The fourth-order valence-electron chi connectivity index (χ4n) is 4.63. The van der Waals surface area contributed by atoms with E-state index in [4.69, 9.17) is 0 Å². The number of amides is 3. The molecule has 2 aromatic carbocycles. The predicted molar refractivity (Wildman–Crippen MR) is 138 cm³/mol. The Kier molecular flexibility index (Phi) is 6.87. The third kappa shape index (κ3) is 5.24. The topological polar surface area (TPSA) is 57.6 Å². The van der Waals surface area contributed by atoms with Crippen molar-refractivity contribution in [1.82, 2.24) is 14.4 Å². The van der Waals surface area contributed by atoms with E-state index in [2.05, 4.69) is 5.32 Å². The molecular formula is C27H24F4N4O2S. The number of benzene rings is 2. The van der Waals surface area contributed by atoms with Crippen molar-refractivity contribution in [3.8, 4) is 0 Å². The van der Waals surface area contributed by atoms with Gasteiger partial charge >= 0.3 is 12.2 Å². The summed E-state index contributed by atoms with van der Waals surface area (Å²) in [5.41, 5.74) is 0.850. The summed E-state index contributed by atoms with van der Waals surface area (Å²) in [5, 5.41) is 5.54. The van der Waals surface area contributed by atoms with Crippen LogP contribution in [-0.2, 0) is 12.7 Å². The Balaban J connectivity index is 1.27. The molecule has 2 aromatic heterocycles. The number of rotatable bonds is 4. The standard InChI is InChI=1S/C27H24F4N4O2S/c1-17-15-33(11-12-34(17)26(37)32-22-8-4-20(5-9-22)27(29,30)31)24(36)23-14-19-10-13-38-25(19)35(23)16-18-2-6-21(28)7-3-18/h2-10,13-14,17H,11-12,15-16H2,1H3,(H,32,37)/t17-/m1/s1. The van der Waals surface area contributed by atoms with Crippen LogP contribution < -0.4 is 5.32 Å². The number of alkyl halides is 3. The highest BCUT2D eigenvalue weighted by Crippen LogP contribution is 2.30. The van der Waals surface area contributed by atoms with Gasteiger partial charge in [-0.25, -0.2) is 9.18 Å². The molecule has 1 atom stereocenters. The van der Waals surface area contributed by atoms with Gasteiger partial charge in [0.25, 0.3) is 5.91 Å². The van der Waals surface area contributed by atoms with Crippen molar-refractivity contribution in [3.63, 3.8) is 0 Å². The largest absolute Gasteiger partial charge is 0.416 e. The van der Waals surface area contributed by atoms with E-state index in [1.54, 1.807) is 21.9 Å². The first-order valence-electron chi connectivity index (χ1n) is 12.0. The first kappa shape index (κ1) is 25.8. The van der Waals surface area contributed by atoms with E-state index in [9.17, 15) is 27.2 Å². The molecule has 1 N–H and O–H groups in total. The molecule has 3 heterocycles. The number of nitrogens with one attached hydrogen (secondary N) is 1. The van der Waals surface area contributed by atoms with Crippen LogP contribution in [0.2, 0.25) is 0 Å². The molecule has 0 radical (unpaired) electrons. The fourth-order valence-corrected chi connectivity index (χ4v) is 5.52. The third-order valence-corrected chi connectivity index (χ3v) is 7.57. The first-order chi connectivity index (χ1) is 18.1. The van der Waals surface area contributed by atoms with Crippen molar-refractivity contribution in [2.75, 3.05) is 25.0 Å². The van der Waals surface area contributed by atoms with E-state index < -0.39 is 17.8 Å². The number of urea groups is 1. The van der Waals surface area contributed by atoms with Crippen LogP contribution in [0.15, 0.2) is 66.0 Å². The van der Waals surface area contributed by atoms with Crippen molar-refractivity contribution in [2.45, 2.75) is 25.7 Å². The van der Waals surface area contributed by atoms with Gasteiger partial charge in [0, 0.05) is 43.3 Å². The zero-order valence-electron chi connectivity index (χ0n) is 20.3. The minimum absolute atomic E-state index is 0.162. The molecule has 1 aliphatic rings. The molecule has 4 aromatic rings. The van der Waals surface area contributed by atoms with E-state index in [0.29, 0.717) is 25.3 Å². The molecule has 1 saturated heterocycles. The lowest BCUT2D eigenvalue weighted by Gasteiger charge is -2.39. The first-order valence-corrected chi connectivity index (χ1v) is 12.8. The van der Waals surface area contributed by atoms with Gasteiger partial charge in [-0.3, -0.25) is 4.79 Å². The summed E-state index contributed by atoms with van der Waals surface area (Å²) >= 11 is 1.52.